The summed E-state index contributed by atoms with van der Waals surface area (Å²) in [7, 11) is 2.98. The van der Waals surface area contributed by atoms with Crippen molar-refractivity contribution in [2.24, 2.45) is 5.92 Å². The van der Waals surface area contributed by atoms with Crippen LogP contribution in [0.3, 0.4) is 0 Å². The molecule has 27 heavy (non-hydrogen) atoms. The van der Waals surface area contributed by atoms with Crippen molar-refractivity contribution in [3.8, 4) is 5.75 Å². The van der Waals surface area contributed by atoms with Crippen molar-refractivity contribution in [3.63, 3.8) is 0 Å². The second-order valence-corrected chi connectivity index (χ2v) is 6.26. The van der Waals surface area contributed by atoms with Crippen molar-refractivity contribution in [2.45, 2.75) is 32.9 Å². The molecular formula is C19H28N2O6. The molecule has 0 aromatic heterocycles. The molecule has 2 N–H and O–H groups in total. The fourth-order valence-electron chi connectivity index (χ4n) is 2.27. The van der Waals surface area contributed by atoms with E-state index in [1.54, 1.807) is 38.1 Å². The monoisotopic (exact) mass is 380 g/mol. The van der Waals surface area contributed by atoms with Gasteiger partial charge in [-0.1, -0.05) is 26.0 Å². The van der Waals surface area contributed by atoms with Crippen LogP contribution in [0, 0.1) is 5.92 Å². The number of rotatable bonds is 10. The molecule has 2 atom stereocenters. The lowest BCUT2D eigenvalue weighted by molar-refractivity contribution is -0.157. The lowest BCUT2D eigenvalue weighted by Gasteiger charge is -2.23. The maximum Gasteiger partial charge on any atom is 0.329 e. The molecule has 0 saturated heterocycles. The Morgan fingerprint density at radius 3 is 2.33 bits per heavy atom. The first kappa shape index (κ1) is 22.4. The molecule has 8 nitrogen and oxygen atoms in total. The summed E-state index contributed by atoms with van der Waals surface area (Å²) in [4.78, 5) is 36.9. The predicted octanol–water partition coefficient (Wildman–Crippen LogP) is 1.14. The van der Waals surface area contributed by atoms with Crippen molar-refractivity contribution < 1.29 is 28.6 Å². The molecule has 0 fully saturated rings. The van der Waals surface area contributed by atoms with Gasteiger partial charge in [0.05, 0.1) is 19.3 Å². The van der Waals surface area contributed by atoms with Crippen molar-refractivity contribution in [1.29, 1.82) is 0 Å². The van der Waals surface area contributed by atoms with Gasteiger partial charge in [-0.05, 0) is 25.0 Å². The molecule has 0 unspecified atom stereocenters. The highest BCUT2D eigenvalue weighted by Gasteiger charge is 2.29. The zero-order valence-electron chi connectivity index (χ0n) is 16.4. The van der Waals surface area contributed by atoms with Crippen LogP contribution in [0.5, 0.6) is 5.75 Å². The Labute approximate surface area is 159 Å². The highest BCUT2D eigenvalue weighted by atomic mass is 16.5. The minimum atomic E-state index is -0.987. The number of para-hydroxylation sites is 1. The van der Waals surface area contributed by atoms with Crippen molar-refractivity contribution in [2.75, 3.05) is 27.4 Å². The average Bonchev–Trinajstić information content (AvgIpc) is 2.65. The summed E-state index contributed by atoms with van der Waals surface area (Å²) in [5.74, 6) is -1.40. The molecule has 2 amide bonds. The van der Waals surface area contributed by atoms with Gasteiger partial charge in [0.2, 0.25) is 0 Å². The maximum atomic E-state index is 12.5. The lowest BCUT2D eigenvalue weighted by Crippen LogP contribution is -2.48. The van der Waals surface area contributed by atoms with Gasteiger partial charge in [-0.3, -0.25) is 9.59 Å². The van der Waals surface area contributed by atoms with Gasteiger partial charge in [-0.25, -0.2) is 4.79 Å². The Morgan fingerprint density at radius 1 is 1.07 bits per heavy atom. The van der Waals surface area contributed by atoms with E-state index in [-0.39, 0.29) is 5.92 Å². The maximum absolute atomic E-state index is 12.5. The number of nitrogens with one attached hydrogen (secondary N) is 2. The number of carbonyl (C=O) groups is 3. The number of ether oxygens (including phenoxy) is 3. The zero-order chi connectivity index (χ0) is 20.4. The zero-order valence-corrected chi connectivity index (χ0v) is 16.4. The van der Waals surface area contributed by atoms with Gasteiger partial charge in [0, 0.05) is 13.7 Å². The summed E-state index contributed by atoms with van der Waals surface area (Å²) in [5, 5.41) is 5.25. The van der Waals surface area contributed by atoms with E-state index in [2.05, 4.69) is 10.6 Å². The molecule has 1 aromatic rings. The molecule has 8 heteroatoms. The van der Waals surface area contributed by atoms with E-state index >= 15 is 0 Å². The summed E-state index contributed by atoms with van der Waals surface area (Å²) in [5.41, 5.74) is 0.309. The Balaban J connectivity index is 2.75. The Hall–Kier alpha value is -2.61. The van der Waals surface area contributed by atoms with Crippen LogP contribution in [-0.2, 0) is 19.1 Å². The summed E-state index contributed by atoms with van der Waals surface area (Å²) in [6, 6.07) is 5.80. The first-order valence-corrected chi connectivity index (χ1v) is 8.72. The van der Waals surface area contributed by atoms with Gasteiger partial charge in [0.1, 0.15) is 11.8 Å². The first-order chi connectivity index (χ1) is 12.8. The highest BCUT2D eigenvalue weighted by molar-refractivity contribution is 5.99. The van der Waals surface area contributed by atoms with Crippen LogP contribution in [0.2, 0.25) is 0 Å². The van der Waals surface area contributed by atoms with Gasteiger partial charge in [0.25, 0.3) is 11.8 Å². The fraction of sp³-hybridized carbons (Fsp3) is 0.526. The highest BCUT2D eigenvalue weighted by Crippen LogP contribution is 2.18. The number of esters is 1. The first-order valence-electron chi connectivity index (χ1n) is 8.72. The second kappa shape index (κ2) is 11.2. The van der Waals surface area contributed by atoms with E-state index in [1.165, 1.54) is 21.1 Å². The van der Waals surface area contributed by atoms with Crippen molar-refractivity contribution >= 4 is 17.8 Å². The van der Waals surface area contributed by atoms with Crippen LogP contribution < -0.4 is 15.4 Å². The van der Waals surface area contributed by atoms with Crippen molar-refractivity contribution in [3.05, 3.63) is 29.8 Å². The van der Waals surface area contributed by atoms with Gasteiger partial charge in [0.15, 0.2) is 6.10 Å². The van der Waals surface area contributed by atoms with E-state index in [0.717, 1.165) is 0 Å². The standard InChI is InChI=1S/C19H28N2O6/c1-12(2)16(19(24)27-13(3)17(22)20-10-11-25-4)21-18(23)14-8-6-7-9-15(14)26-5/h6-9,12-13,16H,10-11H2,1-5H3,(H,20,22)(H,21,23)/t13-,16-/m0/s1. The molecule has 0 radical (unpaired) electrons. The minimum absolute atomic E-state index is 0.236. The molecule has 0 heterocycles. The third-order valence-corrected chi connectivity index (χ3v) is 3.83. The summed E-state index contributed by atoms with van der Waals surface area (Å²) < 4.78 is 15.2. The smallest absolute Gasteiger partial charge is 0.329 e. The topological polar surface area (TPSA) is 103 Å². The number of amides is 2. The molecule has 150 valence electrons. The average molecular weight is 380 g/mol. The molecule has 0 spiro atoms. The molecular weight excluding hydrogens is 352 g/mol. The van der Waals surface area contributed by atoms with Gasteiger partial charge in [-0.2, -0.15) is 0 Å². The van der Waals surface area contributed by atoms with Crippen LogP contribution in [0.4, 0.5) is 0 Å². The van der Waals surface area contributed by atoms with Crippen LogP contribution in [0.15, 0.2) is 24.3 Å². The minimum Gasteiger partial charge on any atom is -0.496 e. The third-order valence-electron chi connectivity index (χ3n) is 3.83. The lowest BCUT2D eigenvalue weighted by atomic mass is 10.0. The summed E-state index contributed by atoms with van der Waals surface area (Å²) in [6.07, 6.45) is -0.987. The van der Waals surface area contributed by atoms with E-state index in [1.807, 2.05) is 0 Å². The molecule has 0 saturated carbocycles. The Morgan fingerprint density at radius 2 is 1.74 bits per heavy atom. The summed E-state index contributed by atoms with van der Waals surface area (Å²) in [6.45, 7) is 5.69. The number of carbonyl (C=O) groups excluding carboxylic acids is 3. The van der Waals surface area contributed by atoms with Gasteiger partial charge in [-0.15, -0.1) is 0 Å². The Kier molecular flexibility index (Phi) is 9.29. The summed E-state index contributed by atoms with van der Waals surface area (Å²) >= 11 is 0. The fourth-order valence-corrected chi connectivity index (χ4v) is 2.27. The van der Waals surface area contributed by atoms with Crippen LogP contribution >= 0.6 is 0 Å². The van der Waals surface area contributed by atoms with Crippen LogP contribution in [0.1, 0.15) is 31.1 Å². The van der Waals surface area contributed by atoms with E-state index in [0.29, 0.717) is 24.5 Å². The molecule has 0 aliphatic rings. The van der Waals surface area contributed by atoms with E-state index in [4.69, 9.17) is 14.2 Å². The van der Waals surface area contributed by atoms with Crippen LogP contribution in [-0.4, -0.2) is 57.3 Å². The number of benzene rings is 1. The predicted molar refractivity (Wildman–Crippen MR) is 99.5 cm³/mol. The largest absolute Gasteiger partial charge is 0.496 e. The van der Waals surface area contributed by atoms with E-state index < -0.39 is 29.9 Å². The third kappa shape index (κ3) is 6.90. The van der Waals surface area contributed by atoms with Crippen molar-refractivity contribution in [1.82, 2.24) is 10.6 Å². The molecule has 0 aliphatic heterocycles. The molecule has 0 aliphatic carbocycles. The quantitative estimate of drug-likeness (QED) is 0.466. The van der Waals surface area contributed by atoms with Gasteiger partial charge >= 0.3 is 5.97 Å². The number of methoxy groups -OCH3 is 2. The number of hydrogen-bond acceptors (Lipinski definition) is 6. The van der Waals surface area contributed by atoms with Gasteiger partial charge < -0.3 is 24.8 Å². The molecule has 1 rings (SSSR count). The SMILES string of the molecule is COCCNC(=O)[C@H](C)OC(=O)[C@@H](NC(=O)c1ccccc1OC)C(C)C. The van der Waals surface area contributed by atoms with E-state index in [9.17, 15) is 14.4 Å². The molecule has 1 aromatic carbocycles. The number of hydrogen-bond donors (Lipinski definition) is 2. The van der Waals surface area contributed by atoms with Crippen LogP contribution in [0.25, 0.3) is 0 Å². The second-order valence-electron chi connectivity index (χ2n) is 6.26. The Bertz CT molecular complexity index is 647. The molecule has 0 bridgehead atoms. The normalized spacial score (nSPS) is 12.8.